The zero-order valence-electron chi connectivity index (χ0n) is 11.1. The number of carbonyl (C=O) groups excluding carboxylic acids is 1. The molecule has 0 amide bonds. The number of benzene rings is 2. The number of fused-ring (bicyclic) bond motifs is 1. The van der Waals surface area contributed by atoms with Crippen molar-refractivity contribution in [3.63, 3.8) is 0 Å². The number of rotatable bonds is 3. The van der Waals surface area contributed by atoms with E-state index < -0.39 is 12.1 Å². The molecule has 0 aromatic heterocycles. The Hall–Kier alpha value is -2.56. The van der Waals surface area contributed by atoms with Crippen LogP contribution in [0.25, 0.3) is 0 Å². The summed E-state index contributed by atoms with van der Waals surface area (Å²) in [4.78, 5) is 11.9. The van der Waals surface area contributed by atoms with Gasteiger partial charge >= 0.3 is 5.97 Å². The number of ether oxygens (including phenoxy) is 3. The summed E-state index contributed by atoms with van der Waals surface area (Å²) in [5.74, 6) is 0.214. The lowest BCUT2D eigenvalue weighted by molar-refractivity contribution is -0.155. The van der Waals surface area contributed by atoms with E-state index in [4.69, 9.17) is 14.2 Å². The molecular weight excluding hydrogens is 275 g/mol. The van der Waals surface area contributed by atoms with E-state index in [0.717, 1.165) is 0 Å². The van der Waals surface area contributed by atoms with Crippen molar-refractivity contribution < 1.29 is 23.4 Å². The highest BCUT2D eigenvalue weighted by Crippen LogP contribution is 2.31. The third-order valence-electron chi connectivity index (χ3n) is 3.04. The standard InChI is InChI=1S/C16H13FO4/c17-12-5-3-4-11(8-12)9-20-16(18)15-10-19-13-6-1-2-7-14(13)21-15/h1-8,15H,9-10H2/t15-/m0/s1. The topological polar surface area (TPSA) is 44.8 Å². The molecule has 0 saturated carbocycles. The Balaban J connectivity index is 1.59. The number of halogens is 1. The minimum Gasteiger partial charge on any atom is -0.485 e. The smallest absolute Gasteiger partial charge is 0.351 e. The first-order valence-corrected chi connectivity index (χ1v) is 6.52. The number of para-hydroxylation sites is 2. The van der Waals surface area contributed by atoms with Crippen LogP contribution < -0.4 is 9.47 Å². The molecule has 4 nitrogen and oxygen atoms in total. The SMILES string of the molecule is O=C(OCc1cccc(F)c1)[C@@H]1COc2ccccc2O1. The first-order valence-electron chi connectivity index (χ1n) is 6.52. The average molecular weight is 288 g/mol. The largest absolute Gasteiger partial charge is 0.485 e. The summed E-state index contributed by atoms with van der Waals surface area (Å²) >= 11 is 0. The van der Waals surface area contributed by atoms with Gasteiger partial charge in [0.15, 0.2) is 11.5 Å². The monoisotopic (exact) mass is 288 g/mol. The quantitative estimate of drug-likeness (QED) is 0.815. The summed E-state index contributed by atoms with van der Waals surface area (Å²) in [7, 11) is 0. The molecule has 1 aliphatic rings. The summed E-state index contributed by atoms with van der Waals surface area (Å²) in [6.07, 6.45) is -0.812. The first kappa shape index (κ1) is 13.4. The van der Waals surface area contributed by atoms with Crippen molar-refractivity contribution in [1.29, 1.82) is 0 Å². The fourth-order valence-corrected chi connectivity index (χ4v) is 2.01. The van der Waals surface area contributed by atoms with Gasteiger partial charge in [0, 0.05) is 0 Å². The van der Waals surface area contributed by atoms with Crippen LogP contribution in [0.5, 0.6) is 11.5 Å². The van der Waals surface area contributed by atoms with Crippen LogP contribution in [0.3, 0.4) is 0 Å². The van der Waals surface area contributed by atoms with E-state index in [1.54, 1.807) is 30.3 Å². The molecular formula is C16H13FO4. The third kappa shape index (κ3) is 3.13. The highest BCUT2D eigenvalue weighted by molar-refractivity contribution is 5.76. The Morgan fingerprint density at radius 1 is 1.19 bits per heavy atom. The lowest BCUT2D eigenvalue weighted by Crippen LogP contribution is -2.37. The Bertz CT molecular complexity index is 656. The molecule has 0 radical (unpaired) electrons. The zero-order chi connectivity index (χ0) is 14.7. The molecule has 0 unspecified atom stereocenters. The van der Waals surface area contributed by atoms with E-state index >= 15 is 0 Å². The van der Waals surface area contributed by atoms with Gasteiger partial charge in [-0.1, -0.05) is 24.3 Å². The molecule has 2 aromatic carbocycles. The molecule has 21 heavy (non-hydrogen) atoms. The van der Waals surface area contributed by atoms with Crippen LogP contribution in [-0.4, -0.2) is 18.7 Å². The second-order valence-electron chi connectivity index (χ2n) is 4.60. The van der Waals surface area contributed by atoms with Gasteiger partial charge in [-0.25, -0.2) is 9.18 Å². The summed E-state index contributed by atoms with van der Waals surface area (Å²) in [6, 6.07) is 13.0. The Morgan fingerprint density at radius 2 is 2.00 bits per heavy atom. The van der Waals surface area contributed by atoms with E-state index in [1.807, 2.05) is 6.07 Å². The van der Waals surface area contributed by atoms with E-state index in [2.05, 4.69) is 0 Å². The van der Waals surface area contributed by atoms with Gasteiger partial charge in [-0.3, -0.25) is 0 Å². The maximum atomic E-state index is 13.0. The molecule has 108 valence electrons. The minimum atomic E-state index is -0.812. The van der Waals surface area contributed by atoms with Crippen molar-refractivity contribution in [2.45, 2.75) is 12.7 Å². The number of esters is 1. The molecule has 1 heterocycles. The molecule has 0 N–H and O–H groups in total. The molecule has 0 aliphatic carbocycles. The summed E-state index contributed by atoms with van der Waals surface area (Å²) < 4.78 is 29.1. The normalized spacial score (nSPS) is 16.3. The van der Waals surface area contributed by atoms with Crippen molar-refractivity contribution in [1.82, 2.24) is 0 Å². The van der Waals surface area contributed by atoms with Gasteiger partial charge in [-0.2, -0.15) is 0 Å². The maximum absolute atomic E-state index is 13.0. The molecule has 3 rings (SSSR count). The van der Waals surface area contributed by atoms with Gasteiger partial charge in [-0.05, 0) is 29.8 Å². The Kier molecular flexibility index (Phi) is 3.73. The predicted molar refractivity (Wildman–Crippen MR) is 72.5 cm³/mol. The molecule has 0 bridgehead atoms. The second kappa shape index (κ2) is 5.83. The van der Waals surface area contributed by atoms with E-state index in [1.165, 1.54) is 12.1 Å². The third-order valence-corrected chi connectivity index (χ3v) is 3.04. The highest BCUT2D eigenvalue weighted by atomic mass is 19.1. The van der Waals surface area contributed by atoms with E-state index in [-0.39, 0.29) is 19.0 Å². The lowest BCUT2D eigenvalue weighted by atomic mass is 10.2. The van der Waals surface area contributed by atoms with Crippen LogP contribution in [0.2, 0.25) is 0 Å². The fraction of sp³-hybridized carbons (Fsp3) is 0.188. The zero-order valence-corrected chi connectivity index (χ0v) is 11.1. The van der Waals surface area contributed by atoms with Gasteiger partial charge in [0.2, 0.25) is 6.10 Å². The van der Waals surface area contributed by atoms with Crippen LogP contribution in [-0.2, 0) is 16.1 Å². The minimum absolute atomic E-state index is 0.00188. The van der Waals surface area contributed by atoms with Gasteiger partial charge in [-0.15, -0.1) is 0 Å². The molecule has 2 aromatic rings. The van der Waals surface area contributed by atoms with Gasteiger partial charge in [0.25, 0.3) is 0 Å². The second-order valence-corrected chi connectivity index (χ2v) is 4.60. The molecule has 1 atom stereocenters. The van der Waals surface area contributed by atoms with Crippen LogP contribution >= 0.6 is 0 Å². The maximum Gasteiger partial charge on any atom is 0.351 e. The van der Waals surface area contributed by atoms with E-state index in [0.29, 0.717) is 17.1 Å². The van der Waals surface area contributed by atoms with Crippen molar-refractivity contribution in [3.8, 4) is 11.5 Å². The van der Waals surface area contributed by atoms with Crippen molar-refractivity contribution >= 4 is 5.97 Å². The molecule has 0 fully saturated rings. The summed E-state index contributed by atoms with van der Waals surface area (Å²) in [5, 5.41) is 0. The fourth-order valence-electron chi connectivity index (χ4n) is 2.01. The number of carbonyl (C=O) groups is 1. The lowest BCUT2D eigenvalue weighted by Gasteiger charge is -2.24. The van der Waals surface area contributed by atoms with Crippen LogP contribution in [0.15, 0.2) is 48.5 Å². The van der Waals surface area contributed by atoms with Crippen molar-refractivity contribution in [2.75, 3.05) is 6.61 Å². The Morgan fingerprint density at radius 3 is 2.81 bits per heavy atom. The van der Waals surface area contributed by atoms with Crippen molar-refractivity contribution in [3.05, 3.63) is 59.9 Å². The molecule has 0 spiro atoms. The van der Waals surface area contributed by atoms with Crippen LogP contribution in [0.4, 0.5) is 4.39 Å². The van der Waals surface area contributed by atoms with Gasteiger partial charge in [0.05, 0.1) is 0 Å². The summed E-state index contributed by atoms with van der Waals surface area (Å²) in [6.45, 7) is 0.0943. The average Bonchev–Trinajstić information content (AvgIpc) is 2.52. The number of hydrogen-bond acceptors (Lipinski definition) is 4. The first-order chi connectivity index (χ1) is 10.2. The van der Waals surface area contributed by atoms with Crippen LogP contribution in [0, 0.1) is 5.82 Å². The van der Waals surface area contributed by atoms with Gasteiger partial charge < -0.3 is 14.2 Å². The molecule has 0 saturated heterocycles. The number of hydrogen-bond donors (Lipinski definition) is 0. The predicted octanol–water partition coefficient (Wildman–Crippen LogP) is 2.71. The summed E-state index contributed by atoms with van der Waals surface area (Å²) in [5.41, 5.74) is 0.584. The molecule has 5 heteroatoms. The Labute approximate surface area is 121 Å². The van der Waals surface area contributed by atoms with Crippen LogP contribution in [0.1, 0.15) is 5.56 Å². The van der Waals surface area contributed by atoms with Gasteiger partial charge in [0.1, 0.15) is 19.0 Å². The molecule has 1 aliphatic heterocycles. The van der Waals surface area contributed by atoms with E-state index in [9.17, 15) is 9.18 Å². The highest BCUT2D eigenvalue weighted by Gasteiger charge is 2.28. The van der Waals surface area contributed by atoms with Crippen molar-refractivity contribution in [2.24, 2.45) is 0 Å².